The van der Waals surface area contributed by atoms with Gasteiger partial charge in [0.05, 0.1) is 24.1 Å². The number of rotatable bonds is 5. The summed E-state index contributed by atoms with van der Waals surface area (Å²) in [4.78, 5) is 45.0. The minimum Gasteiger partial charge on any atom is -0.466 e. The van der Waals surface area contributed by atoms with Gasteiger partial charge < -0.3 is 15.0 Å². The molecule has 2 fully saturated rings. The summed E-state index contributed by atoms with van der Waals surface area (Å²) in [5.74, 6) is -0.521. The molecule has 42 heavy (non-hydrogen) atoms. The molecule has 2 aromatic carbocycles. The Bertz CT molecular complexity index is 1440. The molecule has 2 aliphatic heterocycles. The van der Waals surface area contributed by atoms with Crippen LogP contribution in [-0.4, -0.2) is 62.8 Å². The fourth-order valence-electron chi connectivity index (χ4n) is 6.61. The first kappa shape index (κ1) is 28.1. The van der Waals surface area contributed by atoms with Crippen molar-refractivity contribution in [3.63, 3.8) is 0 Å². The van der Waals surface area contributed by atoms with Gasteiger partial charge >= 0.3 is 5.97 Å². The van der Waals surface area contributed by atoms with E-state index < -0.39 is 17.5 Å². The third kappa shape index (κ3) is 5.69. The van der Waals surface area contributed by atoms with Crippen LogP contribution in [0.25, 0.3) is 11.0 Å². The molecule has 9 heteroatoms. The predicted molar refractivity (Wildman–Crippen MR) is 160 cm³/mol. The monoisotopic (exact) mass is 569 g/mol. The Balaban J connectivity index is 1.33. The molecule has 6 rings (SSSR count). The number of fused-ring (bicyclic) bond motifs is 3. The van der Waals surface area contributed by atoms with Gasteiger partial charge in [-0.1, -0.05) is 55.3 Å². The number of aromatic nitrogens is 3. The van der Waals surface area contributed by atoms with E-state index in [0.717, 1.165) is 42.4 Å². The van der Waals surface area contributed by atoms with E-state index in [4.69, 9.17) is 4.74 Å². The number of esters is 1. The first-order valence-electron chi connectivity index (χ1n) is 15.3. The molecule has 1 saturated carbocycles. The molecule has 1 amide bonds. The molecule has 3 heterocycles. The van der Waals surface area contributed by atoms with E-state index in [1.54, 1.807) is 16.6 Å². The van der Waals surface area contributed by atoms with Crippen molar-refractivity contribution >= 4 is 34.4 Å². The maximum Gasteiger partial charge on any atom is 0.313 e. The molecule has 0 spiro atoms. The summed E-state index contributed by atoms with van der Waals surface area (Å²) < 4.78 is 5.46. The molecule has 1 saturated heterocycles. The van der Waals surface area contributed by atoms with Crippen LogP contribution >= 0.6 is 0 Å². The first-order valence-corrected chi connectivity index (χ1v) is 15.3. The smallest absolute Gasteiger partial charge is 0.313 e. The number of nitrogens with one attached hydrogen (secondary N) is 1. The Labute approximate surface area is 246 Å². The van der Waals surface area contributed by atoms with Crippen molar-refractivity contribution in [3.8, 4) is 0 Å². The van der Waals surface area contributed by atoms with Gasteiger partial charge in [-0.15, -0.1) is 0 Å². The second-order valence-corrected chi connectivity index (χ2v) is 11.9. The normalized spacial score (nSPS) is 29.2. The van der Waals surface area contributed by atoms with Gasteiger partial charge in [-0.25, -0.2) is 0 Å². The number of ether oxygens (including phenoxy) is 1. The lowest BCUT2D eigenvalue weighted by Crippen LogP contribution is -2.48. The third-order valence-corrected chi connectivity index (χ3v) is 9.01. The number of benzene rings is 2. The Morgan fingerprint density at radius 3 is 2.50 bits per heavy atom. The molecule has 3 aliphatic rings. The number of anilines is 1. The Morgan fingerprint density at radius 2 is 1.76 bits per heavy atom. The van der Waals surface area contributed by atoms with E-state index in [1.807, 2.05) is 54.6 Å². The molecular weight excluding hydrogens is 530 g/mol. The zero-order valence-corrected chi connectivity index (χ0v) is 24.2. The molecule has 0 radical (unpaired) electrons. The summed E-state index contributed by atoms with van der Waals surface area (Å²) in [7, 11) is 0. The summed E-state index contributed by atoms with van der Waals surface area (Å²) in [6.07, 6.45) is 9.78. The van der Waals surface area contributed by atoms with Crippen LogP contribution < -0.4 is 5.32 Å². The van der Waals surface area contributed by atoms with Gasteiger partial charge in [0.1, 0.15) is 17.1 Å². The molecule has 1 aliphatic carbocycles. The molecule has 0 bridgehead atoms. The van der Waals surface area contributed by atoms with Gasteiger partial charge in [0, 0.05) is 25.1 Å². The Hall–Kier alpha value is -4.01. The lowest BCUT2D eigenvalue weighted by molar-refractivity contribution is -0.152. The molecule has 1 aromatic heterocycles. The molecule has 5 atom stereocenters. The van der Waals surface area contributed by atoms with Crippen LogP contribution in [0.15, 0.2) is 66.7 Å². The van der Waals surface area contributed by atoms with Crippen molar-refractivity contribution in [2.45, 2.75) is 76.4 Å². The first-order chi connectivity index (χ1) is 20.5. The lowest BCUT2D eigenvalue weighted by Gasteiger charge is -2.30. The van der Waals surface area contributed by atoms with E-state index in [-0.39, 0.29) is 42.6 Å². The maximum atomic E-state index is 14.3. The second kappa shape index (κ2) is 12.1. The zero-order chi connectivity index (χ0) is 29.1. The van der Waals surface area contributed by atoms with E-state index >= 15 is 0 Å². The van der Waals surface area contributed by atoms with Gasteiger partial charge in [-0.05, 0) is 62.8 Å². The molecular formula is C33H39N5O4. The summed E-state index contributed by atoms with van der Waals surface area (Å²) >= 11 is 0. The number of amides is 1. The third-order valence-electron chi connectivity index (χ3n) is 9.01. The van der Waals surface area contributed by atoms with Gasteiger partial charge in [0.15, 0.2) is 5.78 Å². The zero-order valence-electron chi connectivity index (χ0n) is 24.2. The van der Waals surface area contributed by atoms with Gasteiger partial charge in [0.2, 0.25) is 5.91 Å². The SMILES string of the molecule is CCOC(=O)[C@]12CC(=O)[C@@H]3C[C@@H](n4nc5ccccc5n4)CN3C(=O)[C@@H](Nc3ccccc3)CCCCC/C=C\[C@@H]1C2. The van der Waals surface area contributed by atoms with Gasteiger partial charge in [0.25, 0.3) is 0 Å². The highest BCUT2D eigenvalue weighted by molar-refractivity contribution is 5.96. The molecule has 220 valence electrons. The fraction of sp³-hybridized carbons (Fsp3) is 0.485. The highest BCUT2D eigenvalue weighted by Gasteiger charge is 2.61. The van der Waals surface area contributed by atoms with Crippen LogP contribution in [-0.2, 0) is 19.1 Å². The van der Waals surface area contributed by atoms with Crippen LogP contribution in [0.3, 0.4) is 0 Å². The van der Waals surface area contributed by atoms with Crippen molar-refractivity contribution in [1.82, 2.24) is 19.9 Å². The topological polar surface area (TPSA) is 106 Å². The van der Waals surface area contributed by atoms with Crippen LogP contribution in [0.4, 0.5) is 5.69 Å². The Morgan fingerprint density at radius 1 is 1.02 bits per heavy atom. The standard InChI is InChI=1S/C33H39N5O4/c1-2-42-32(41)33-20-23(33)13-7-4-3-5-10-18-28(34-24-14-8-6-9-15-24)31(40)37-22-25(19-29(37)30(39)21-33)38-35-26-16-11-12-17-27(26)36-38/h6-9,11-17,23,25,28-29,34H,2-5,10,18-22H2,1H3/b13-7-/t23-,25-,28+,29+,33-/m1/s1. The van der Waals surface area contributed by atoms with E-state index in [2.05, 4.69) is 27.7 Å². The van der Waals surface area contributed by atoms with Crippen molar-refractivity contribution in [1.29, 1.82) is 0 Å². The number of ketones is 1. The molecule has 0 unspecified atom stereocenters. The number of Topliss-reactive ketones (excluding diaryl/α,β-unsaturated/α-hetero) is 1. The van der Waals surface area contributed by atoms with Crippen molar-refractivity contribution in [2.24, 2.45) is 11.3 Å². The predicted octanol–water partition coefficient (Wildman–Crippen LogP) is 5.10. The number of hydrogen-bond donors (Lipinski definition) is 1. The molecule has 3 aromatic rings. The number of nitrogens with zero attached hydrogens (tertiary/aromatic N) is 4. The minimum absolute atomic E-state index is 0.0162. The lowest BCUT2D eigenvalue weighted by atomic mass is 9.91. The summed E-state index contributed by atoms with van der Waals surface area (Å²) in [5.41, 5.74) is 1.57. The van der Waals surface area contributed by atoms with Crippen LogP contribution in [0, 0.1) is 11.3 Å². The van der Waals surface area contributed by atoms with Gasteiger partial charge in [-0.2, -0.15) is 15.0 Å². The van der Waals surface area contributed by atoms with Crippen molar-refractivity contribution < 1.29 is 19.1 Å². The quantitative estimate of drug-likeness (QED) is 0.336. The van der Waals surface area contributed by atoms with Crippen LogP contribution in [0.2, 0.25) is 0 Å². The second-order valence-electron chi connectivity index (χ2n) is 11.9. The average molecular weight is 570 g/mol. The number of para-hydroxylation sites is 1. The van der Waals surface area contributed by atoms with Crippen molar-refractivity contribution in [2.75, 3.05) is 18.5 Å². The highest BCUT2D eigenvalue weighted by Crippen LogP contribution is 2.57. The average Bonchev–Trinajstić information content (AvgIpc) is 3.32. The number of allylic oxidation sites excluding steroid dienone is 2. The van der Waals surface area contributed by atoms with E-state index in [9.17, 15) is 14.4 Å². The molecule has 9 nitrogen and oxygen atoms in total. The highest BCUT2D eigenvalue weighted by atomic mass is 16.5. The largest absolute Gasteiger partial charge is 0.466 e. The number of carbonyl (C=O) groups is 3. The van der Waals surface area contributed by atoms with Crippen LogP contribution in [0.5, 0.6) is 0 Å². The fourth-order valence-corrected chi connectivity index (χ4v) is 6.61. The van der Waals surface area contributed by atoms with Gasteiger partial charge in [-0.3, -0.25) is 14.4 Å². The summed E-state index contributed by atoms with van der Waals surface area (Å²) in [6.45, 7) is 2.39. The maximum absolute atomic E-state index is 14.3. The summed E-state index contributed by atoms with van der Waals surface area (Å²) in [6, 6.07) is 16.0. The summed E-state index contributed by atoms with van der Waals surface area (Å²) in [5, 5.41) is 12.8. The van der Waals surface area contributed by atoms with Crippen molar-refractivity contribution in [3.05, 3.63) is 66.7 Å². The minimum atomic E-state index is -0.850. The number of carbonyl (C=O) groups excluding carboxylic acids is 3. The van der Waals surface area contributed by atoms with E-state index in [0.29, 0.717) is 25.8 Å². The molecule has 1 N–H and O–H groups in total. The van der Waals surface area contributed by atoms with E-state index in [1.165, 1.54) is 0 Å². The number of hydrogen-bond acceptors (Lipinski definition) is 7. The van der Waals surface area contributed by atoms with Crippen LogP contribution in [0.1, 0.15) is 64.3 Å². The Kier molecular flexibility index (Phi) is 8.09.